The van der Waals surface area contributed by atoms with Gasteiger partial charge in [0.1, 0.15) is 0 Å². The lowest BCUT2D eigenvalue weighted by atomic mass is 10.00. The molecule has 2 heterocycles. The second kappa shape index (κ2) is 8.74. The van der Waals surface area contributed by atoms with Crippen LogP contribution in [-0.4, -0.2) is 30.5 Å². The van der Waals surface area contributed by atoms with Gasteiger partial charge in [-0.25, -0.2) is 4.98 Å². The zero-order chi connectivity index (χ0) is 19.3. The molecule has 1 fully saturated rings. The first-order chi connectivity index (χ1) is 13.7. The van der Waals surface area contributed by atoms with Gasteiger partial charge in [0.2, 0.25) is 0 Å². The smallest absolute Gasteiger partial charge is 0.251 e. The van der Waals surface area contributed by atoms with Crippen LogP contribution in [-0.2, 0) is 6.42 Å². The zero-order valence-electron chi connectivity index (χ0n) is 16.4. The molecule has 4 nitrogen and oxygen atoms in total. The monoisotopic (exact) mass is 393 g/mol. The van der Waals surface area contributed by atoms with Gasteiger partial charge in [-0.1, -0.05) is 48.6 Å². The topological polar surface area (TPSA) is 45.2 Å². The third-order valence-electron chi connectivity index (χ3n) is 5.46. The number of carbonyl (C=O) groups excluding carboxylic acids is 1. The Bertz CT molecular complexity index is 929. The molecule has 0 bridgehead atoms. The standard InChI is InChI=1S/C23H27N3OS/c1-17-11-14-26(15-12-17)23-25-20-10-9-19(16-21(20)28-23)22(27)24-13-5-8-18-6-3-2-4-7-18/h2-4,6-7,9-10,16-17H,5,8,11-15H2,1H3,(H,24,27). The number of benzene rings is 2. The first kappa shape index (κ1) is 18.9. The molecule has 4 rings (SSSR count). The molecule has 3 aromatic rings. The van der Waals surface area contributed by atoms with Crippen molar-refractivity contribution in [3.63, 3.8) is 0 Å². The largest absolute Gasteiger partial charge is 0.352 e. The van der Waals surface area contributed by atoms with Crippen LogP contribution in [0.5, 0.6) is 0 Å². The minimum atomic E-state index is -0.00305. The molecule has 0 atom stereocenters. The number of aryl methyl sites for hydroxylation is 1. The van der Waals surface area contributed by atoms with E-state index >= 15 is 0 Å². The Kier molecular flexibility index (Phi) is 5.91. The minimum Gasteiger partial charge on any atom is -0.352 e. The number of amides is 1. The highest BCUT2D eigenvalue weighted by molar-refractivity contribution is 7.22. The van der Waals surface area contributed by atoms with Gasteiger partial charge in [-0.2, -0.15) is 0 Å². The average molecular weight is 394 g/mol. The van der Waals surface area contributed by atoms with Crippen LogP contribution in [0.4, 0.5) is 5.13 Å². The normalized spacial score (nSPS) is 15.1. The van der Waals surface area contributed by atoms with Crippen LogP contribution in [0, 0.1) is 5.92 Å². The number of fused-ring (bicyclic) bond motifs is 1. The minimum absolute atomic E-state index is 0.00305. The highest BCUT2D eigenvalue weighted by Crippen LogP contribution is 2.32. The number of nitrogens with zero attached hydrogens (tertiary/aromatic N) is 2. The Labute approximate surface area is 170 Å². The molecule has 1 aliphatic rings. The molecule has 146 valence electrons. The summed E-state index contributed by atoms with van der Waals surface area (Å²) in [6.07, 6.45) is 4.38. The van der Waals surface area contributed by atoms with Crippen molar-refractivity contribution in [3.8, 4) is 0 Å². The third-order valence-corrected chi connectivity index (χ3v) is 6.54. The number of thiazole rings is 1. The lowest BCUT2D eigenvalue weighted by Crippen LogP contribution is -2.32. The Morgan fingerprint density at radius 3 is 2.75 bits per heavy atom. The molecule has 1 amide bonds. The van der Waals surface area contributed by atoms with Crippen molar-refractivity contribution >= 4 is 32.6 Å². The Morgan fingerprint density at radius 1 is 1.18 bits per heavy atom. The van der Waals surface area contributed by atoms with Crippen LogP contribution >= 0.6 is 11.3 Å². The van der Waals surface area contributed by atoms with Crippen molar-refractivity contribution in [3.05, 3.63) is 59.7 Å². The maximum absolute atomic E-state index is 12.5. The molecule has 28 heavy (non-hydrogen) atoms. The van der Waals surface area contributed by atoms with E-state index in [2.05, 4.69) is 41.4 Å². The van der Waals surface area contributed by atoms with Gasteiger partial charge in [-0.3, -0.25) is 4.79 Å². The van der Waals surface area contributed by atoms with Crippen LogP contribution in [0.1, 0.15) is 42.1 Å². The van der Waals surface area contributed by atoms with E-state index in [0.717, 1.165) is 52.8 Å². The van der Waals surface area contributed by atoms with Crippen molar-refractivity contribution in [1.82, 2.24) is 10.3 Å². The van der Waals surface area contributed by atoms with E-state index in [4.69, 9.17) is 4.98 Å². The summed E-state index contributed by atoms with van der Waals surface area (Å²) in [6, 6.07) is 16.2. The average Bonchev–Trinajstić information content (AvgIpc) is 3.15. The fourth-order valence-corrected chi connectivity index (χ4v) is 4.69. The van der Waals surface area contributed by atoms with Gasteiger partial charge in [0, 0.05) is 25.2 Å². The Balaban J connectivity index is 1.35. The summed E-state index contributed by atoms with van der Waals surface area (Å²) in [5, 5.41) is 4.13. The summed E-state index contributed by atoms with van der Waals surface area (Å²) in [5.41, 5.74) is 3.01. The predicted molar refractivity (Wildman–Crippen MR) is 117 cm³/mol. The molecule has 1 aromatic heterocycles. The number of hydrogen-bond donors (Lipinski definition) is 1. The number of rotatable bonds is 6. The van der Waals surface area contributed by atoms with E-state index in [1.807, 2.05) is 24.3 Å². The number of anilines is 1. The first-order valence-electron chi connectivity index (χ1n) is 10.2. The van der Waals surface area contributed by atoms with E-state index in [9.17, 15) is 4.79 Å². The summed E-state index contributed by atoms with van der Waals surface area (Å²) in [5.74, 6) is 0.805. The van der Waals surface area contributed by atoms with E-state index in [1.165, 1.54) is 18.4 Å². The van der Waals surface area contributed by atoms with Gasteiger partial charge in [0.25, 0.3) is 5.91 Å². The maximum atomic E-state index is 12.5. The lowest BCUT2D eigenvalue weighted by Gasteiger charge is -2.29. The summed E-state index contributed by atoms with van der Waals surface area (Å²) in [7, 11) is 0. The van der Waals surface area contributed by atoms with E-state index < -0.39 is 0 Å². The molecule has 1 aliphatic heterocycles. The molecule has 1 saturated heterocycles. The van der Waals surface area contributed by atoms with Crippen LogP contribution in [0.3, 0.4) is 0 Å². The van der Waals surface area contributed by atoms with Crippen molar-refractivity contribution in [2.24, 2.45) is 5.92 Å². The van der Waals surface area contributed by atoms with Gasteiger partial charge in [-0.05, 0) is 55.4 Å². The van der Waals surface area contributed by atoms with Crippen molar-refractivity contribution in [2.45, 2.75) is 32.6 Å². The summed E-state index contributed by atoms with van der Waals surface area (Å²) >= 11 is 1.70. The van der Waals surface area contributed by atoms with E-state index in [1.54, 1.807) is 11.3 Å². The molecule has 0 spiro atoms. The zero-order valence-corrected chi connectivity index (χ0v) is 17.2. The van der Waals surface area contributed by atoms with Crippen LogP contribution in [0.25, 0.3) is 10.2 Å². The summed E-state index contributed by atoms with van der Waals surface area (Å²) in [4.78, 5) is 19.7. The van der Waals surface area contributed by atoms with Gasteiger partial charge in [-0.15, -0.1) is 0 Å². The molecular weight excluding hydrogens is 366 g/mol. The van der Waals surface area contributed by atoms with Crippen LogP contribution in [0.2, 0.25) is 0 Å². The maximum Gasteiger partial charge on any atom is 0.251 e. The number of aromatic nitrogens is 1. The SMILES string of the molecule is CC1CCN(c2nc3ccc(C(=O)NCCCc4ccccc4)cc3s2)CC1. The second-order valence-corrected chi connectivity index (χ2v) is 8.70. The predicted octanol–water partition coefficient (Wildman–Crippen LogP) is 4.90. The highest BCUT2D eigenvalue weighted by atomic mass is 32.1. The number of piperidine rings is 1. The summed E-state index contributed by atoms with van der Waals surface area (Å²) < 4.78 is 1.09. The first-order valence-corrected chi connectivity index (χ1v) is 11.0. The Hall–Kier alpha value is -2.40. The number of nitrogens with one attached hydrogen (secondary N) is 1. The molecule has 2 aromatic carbocycles. The lowest BCUT2D eigenvalue weighted by molar-refractivity contribution is 0.0953. The molecule has 0 radical (unpaired) electrons. The fourth-order valence-electron chi connectivity index (χ4n) is 3.63. The second-order valence-electron chi connectivity index (χ2n) is 7.69. The molecule has 0 aliphatic carbocycles. The van der Waals surface area contributed by atoms with Crippen molar-refractivity contribution in [2.75, 3.05) is 24.5 Å². The van der Waals surface area contributed by atoms with E-state index in [0.29, 0.717) is 6.54 Å². The Morgan fingerprint density at radius 2 is 1.96 bits per heavy atom. The van der Waals surface area contributed by atoms with Crippen molar-refractivity contribution in [1.29, 1.82) is 0 Å². The third kappa shape index (κ3) is 4.53. The van der Waals surface area contributed by atoms with Crippen LogP contribution in [0.15, 0.2) is 48.5 Å². The summed E-state index contributed by atoms with van der Waals surface area (Å²) in [6.45, 7) is 5.16. The van der Waals surface area contributed by atoms with Gasteiger partial charge >= 0.3 is 0 Å². The molecule has 1 N–H and O–H groups in total. The van der Waals surface area contributed by atoms with Gasteiger partial charge < -0.3 is 10.2 Å². The number of carbonyl (C=O) groups is 1. The fraction of sp³-hybridized carbons (Fsp3) is 0.391. The number of hydrogen-bond acceptors (Lipinski definition) is 4. The highest BCUT2D eigenvalue weighted by Gasteiger charge is 2.19. The van der Waals surface area contributed by atoms with Gasteiger partial charge in [0.15, 0.2) is 5.13 Å². The quantitative estimate of drug-likeness (QED) is 0.606. The van der Waals surface area contributed by atoms with E-state index in [-0.39, 0.29) is 5.91 Å². The molecule has 0 saturated carbocycles. The molecular formula is C23H27N3OS. The van der Waals surface area contributed by atoms with Crippen LogP contribution < -0.4 is 10.2 Å². The molecule has 5 heteroatoms. The van der Waals surface area contributed by atoms with Gasteiger partial charge in [0.05, 0.1) is 10.2 Å². The van der Waals surface area contributed by atoms with Crippen molar-refractivity contribution < 1.29 is 4.79 Å². The molecule has 0 unspecified atom stereocenters.